The van der Waals surface area contributed by atoms with E-state index >= 15 is 0 Å². The van der Waals surface area contributed by atoms with Crippen LogP contribution < -0.4 is 0 Å². The summed E-state index contributed by atoms with van der Waals surface area (Å²) in [6.45, 7) is 0. The van der Waals surface area contributed by atoms with Crippen LogP contribution in [0, 0.1) is 0 Å². The number of carbonyl (C=O) groups excluding carboxylic acids is 2. The second kappa shape index (κ2) is 1.05. The van der Waals surface area contributed by atoms with Crippen LogP contribution in [0.1, 0.15) is 0 Å². The van der Waals surface area contributed by atoms with Crippen molar-refractivity contribution in [2.24, 2.45) is 0 Å². The summed E-state index contributed by atoms with van der Waals surface area (Å²) in [7, 11) is 0. The fraction of sp³-hybridized carbons (Fsp3) is 0. The zero-order valence-corrected chi connectivity index (χ0v) is 3.05. The van der Waals surface area contributed by atoms with Crippen molar-refractivity contribution in [1.82, 2.24) is 0 Å². The van der Waals surface area contributed by atoms with Crippen LogP contribution >= 0.6 is 0 Å². The van der Waals surface area contributed by atoms with E-state index in [1.54, 1.807) is 6.08 Å². The van der Waals surface area contributed by atoms with Gasteiger partial charge in [0.15, 0.2) is 0 Å². The van der Waals surface area contributed by atoms with Crippen molar-refractivity contribution in [3.63, 3.8) is 0 Å². The normalized spacial score (nSPS) is 17.0. The van der Waals surface area contributed by atoms with Gasteiger partial charge in [0.2, 0.25) is 6.29 Å². The Kier molecular flexibility index (Phi) is 0.572. The first-order valence-corrected chi connectivity index (χ1v) is 1.60. The van der Waals surface area contributed by atoms with E-state index in [9.17, 15) is 4.79 Å². The van der Waals surface area contributed by atoms with Crippen molar-refractivity contribution in [1.29, 1.82) is 0 Å². The minimum atomic E-state index is -0.282. The molecule has 1 rings (SSSR count). The number of hydrogen-bond acceptors (Lipinski definition) is 1. The van der Waals surface area contributed by atoms with Crippen molar-refractivity contribution < 1.29 is 9.22 Å². The molecule has 6 heavy (non-hydrogen) atoms. The Morgan fingerprint density at radius 2 is 2.50 bits per heavy atom. The predicted molar refractivity (Wildman–Crippen MR) is 20.2 cm³/mol. The van der Waals surface area contributed by atoms with E-state index in [1.807, 2.05) is 0 Å². The second-order valence-corrected chi connectivity index (χ2v) is 0.932. The molecule has 2 heteroatoms. The van der Waals surface area contributed by atoms with Gasteiger partial charge in [-0.2, -0.15) is 0 Å². The molecule has 30 valence electrons. The maximum absolute atomic E-state index is 9.90. The van der Waals surface area contributed by atoms with Gasteiger partial charge in [0, 0.05) is 6.08 Å². The summed E-state index contributed by atoms with van der Waals surface area (Å²) < 4.78 is 4.28. The number of hydrogen-bond donors (Lipinski definition) is 0. The molecule has 1 aliphatic rings. The van der Waals surface area contributed by atoms with Gasteiger partial charge < -0.3 is 0 Å². The molecule has 0 unspecified atom stereocenters. The number of carbonyl (C=O) groups is 1. The molecular formula is C4H3O2+. The molecule has 0 amide bonds. The van der Waals surface area contributed by atoms with E-state index in [4.69, 9.17) is 0 Å². The summed E-state index contributed by atoms with van der Waals surface area (Å²) >= 11 is 0. The lowest BCUT2D eigenvalue weighted by molar-refractivity contribution is -0.362. The zero-order valence-electron chi connectivity index (χ0n) is 3.05. The van der Waals surface area contributed by atoms with E-state index in [0.717, 1.165) is 0 Å². The average molecular weight is 83.1 g/mol. The van der Waals surface area contributed by atoms with Crippen LogP contribution in [0.2, 0.25) is 0 Å². The molecule has 1 aliphatic heterocycles. The summed E-state index contributed by atoms with van der Waals surface area (Å²) in [4.78, 5) is 9.90. The molecule has 2 nitrogen and oxygen atoms in total. The van der Waals surface area contributed by atoms with Crippen LogP contribution in [-0.2, 0) is 9.22 Å². The molecule has 0 saturated carbocycles. The monoisotopic (exact) mass is 83.0 g/mol. The van der Waals surface area contributed by atoms with Gasteiger partial charge in [-0.05, 0) is 0 Å². The molecule has 1 heterocycles. The number of rotatable bonds is 0. The van der Waals surface area contributed by atoms with E-state index in [2.05, 4.69) is 4.42 Å². The number of aldehydes is 1. The van der Waals surface area contributed by atoms with E-state index in [-0.39, 0.29) is 5.97 Å². The third-order valence-electron chi connectivity index (χ3n) is 0.495. The topological polar surface area (TPSA) is 28.4 Å². The Morgan fingerprint density at radius 1 is 1.67 bits per heavy atom. The summed E-state index contributed by atoms with van der Waals surface area (Å²) in [5.41, 5.74) is 0. The highest BCUT2D eigenvalue weighted by Crippen LogP contribution is 1.77. The molecule has 0 aromatic carbocycles. The molecule has 0 N–H and O–H groups in total. The molecule has 0 aromatic heterocycles. The summed E-state index contributed by atoms with van der Waals surface area (Å²) in [5, 5.41) is 0. The first kappa shape index (κ1) is 3.28. The van der Waals surface area contributed by atoms with E-state index in [0.29, 0.717) is 0 Å². The van der Waals surface area contributed by atoms with Crippen molar-refractivity contribution in [2.75, 3.05) is 0 Å². The molecule has 0 atom stereocenters. The molecule has 0 radical (unpaired) electrons. The van der Waals surface area contributed by atoms with Gasteiger partial charge in [-0.25, -0.2) is 0 Å². The Morgan fingerprint density at radius 3 is 2.67 bits per heavy atom. The van der Waals surface area contributed by atoms with Crippen LogP contribution in [0.25, 0.3) is 0 Å². The van der Waals surface area contributed by atoms with Gasteiger partial charge in [0.25, 0.3) is 0 Å². The number of allylic oxidation sites excluding steroid dienone is 1. The zero-order chi connectivity index (χ0) is 4.41. The minimum Gasteiger partial charge on any atom is -0.277 e. The quantitative estimate of drug-likeness (QED) is 0.295. The maximum atomic E-state index is 9.90. The standard InChI is InChI=1S/C4H3O2/c5-4-2-1-3-6-4/h1-3H/q+1. The molecule has 0 fully saturated rings. The second-order valence-electron chi connectivity index (χ2n) is 0.932. The summed E-state index contributed by atoms with van der Waals surface area (Å²) in [6, 6.07) is 0. The van der Waals surface area contributed by atoms with E-state index in [1.165, 1.54) is 12.4 Å². The fourth-order valence-corrected chi connectivity index (χ4v) is 0.263. The highest BCUT2D eigenvalue weighted by Gasteiger charge is 2.08. The largest absolute Gasteiger partial charge is 0.605 e. The van der Waals surface area contributed by atoms with Crippen molar-refractivity contribution in [3.05, 3.63) is 12.2 Å². The lowest BCUT2D eigenvalue weighted by Crippen LogP contribution is -1.82. The molecule has 0 spiro atoms. The Labute approximate surface area is 34.8 Å². The first-order valence-electron chi connectivity index (χ1n) is 1.60. The average Bonchev–Trinajstić information content (AvgIpc) is 1.86. The van der Waals surface area contributed by atoms with Gasteiger partial charge in [0.05, 0.1) is 10.9 Å². The SMILES string of the molecule is O=C1C=CC=[O+]1. The predicted octanol–water partition coefficient (Wildman–Crippen LogP) is -0.183. The van der Waals surface area contributed by atoms with Gasteiger partial charge in [-0.15, -0.1) is 0 Å². The smallest absolute Gasteiger partial charge is 0.277 e. The van der Waals surface area contributed by atoms with Crippen molar-refractivity contribution in [3.8, 4) is 0 Å². The van der Waals surface area contributed by atoms with Crippen LogP contribution in [0.15, 0.2) is 12.2 Å². The minimum absolute atomic E-state index is 0.282. The van der Waals surface area contributed by atoms with Gasteiger partial charge in [0.1, 0.15) is 0 Å². The molecule has 0 aromatic rings. The molecular weight excluding hydrogens is 80.0 g/mol. The van der Waals surface area contributed by atoms with Crippen LogP contribution in [0.4, 0.5) is 0 Å². The van der Waals surface area contributed by atoms with Gasteiger partial charge in [-0.3, -0.25) is 4.42 Å². The molecule has 0 saturated heterocycles. The van der Waals surface area contributed by atoms with Crippen LogP contribution in [0.3, 0.4) is 0 Å². The van der Waals surface area contributed by atoms with E-state index < -0.39 is 0 Å². The van der Waals surface area contributed by atoms with Crippen LogP contribution in [-0.4, -0.2) is 12.3 Å². The third-order valence-corrected chi connectivity index (χ3v) is 0.495. The highest BCUT2D eigenvalue weighted by molar-refractivity contribution is 5.91. The first-order chi connectivity index (χ1) is 2.89. The highest BCUT2D eigenvalue weighted by atomic mass is 16.4. The summed E-state index contributed by atoms with van der Waals surface area (Å²) in [6.07, 6.45) is 4.27. The van der Waals surface area contributed by atoms with Crippen LogP contribution in [0.5, 0.6) is 0 Å². The van der Waals surface area contributed by atoms with Crippen molar-refractivity contribution in [2.45, 2.75) is 0 Å². The molecule has 0 bridgehead atoms. The molecule has 0 aliphatic carbocycles. The van der Waals surface area contributed by atoms with Gasteiger partial charge >= 0.3 is 5.97 Å². The Hall–Kier alpha value is -0.920. The fourth-order valence-electron chi connectivity index (χ4n) is 0.263. The van der Waals surface area contributed by atoms with Gasteiger partial charge in [-0.1, -0.05) is 0 Å². The summed E-state index contributed by atoms with van der Waals surface area (Å²) in [5.74, 6) is -0.282. The Bertz CT molecular complexity index is 108. The lowest BCUT2D eigenvalue weighted by atomic mass is 10.6. The Balaban J connectivity index is 2.86. The lowest BCUT2D eigenvalue weighted by Gasteiger charge is -1.47. The third kappa shape index (κ3) is 0.360. The van der Waals surface area contributed by atoms with Crippen molar-refractivity contribution >= 4 is 12.3 Å². The maximum Gasteiger partial charge on any atom is 0.605 e.